The molecule has 1 saturated carbocycles. The van der Waals surface area contributed by atoms with Crippen LogP contribution in [0.4, 0.5) is 20.4 Å². The fourth-order valence-corrected chi connectivity index (χ4v) is 5.28. The summed E-state index contributed by atoms with van der Waals surface area (Å²) in [5.41, 5.74) is 1.16. The average Bonchev–Trinajstić information content (AvgIpc) is 3.09. The van der Waals surface area contributed by atoms with Crippen LogP contribution in [0, 0.1) is 0 Å². The van der Waals surface area contributed by atoms with Gasteiger partial charge in [-0.3, -0.25) is 4.79 Å². The highest BCUT2D eigenvalue weighted by Gasteiger charge is 2.39. The summed E-state index contributed by atoms with van der Waals surface area (Å²) >= 11 is 0. The number of piperidine rings is 1. The summed E-state index contributed by atoms with van der Waals surface area (Å²) in [6.07, 6.45) is 10.3. The minimum absolute atomic E-state index is 0.110. The summed E-state index contributed by atoms with van der Waals surface area (Å²) in [6.45, 7) is 3.22. The van der Waals surface area contributed by atoms with Gasteiger partial charge in [-0.1, -0.05) is 32.1 Å². The lowest BCUT2D eigenvalue weighted by Crippen LogP contribution is -2.36. The van der Waals surface area contributed by atoms with E-state index in [1.807, 2.05) is 11.0 Å². The third kappa shape index (κ3) is 5.86. The number of halogens is 2. The molecule has 0 atom stereocenters. The van der Waals surface area contributed by atoms with Crippen molar-refractivity contribution < 1.29 is 13.6 Å². The monoisotopic (exact) mass is 434 g/mol. The SMILES string of the molecule is CC(=O)N1CCC(c2cc(NC3CCCCCCC3)nc(N3CCC(F)(F)C3)c2)CC1. The van der Waals surface area contributed by atoms with E-state index in [9.17, 15) is 13.6 Å². The molecule has 0 aromatic carbocycles. The maximum Gasteiger partial charge on any atom is 0.266 e. The first kappa shape index (κ1) is 22.3. The molecular weight excluding hydrogens is 398 g/mol. The fraction of sp³-hybridized carbons (Fsp3) is 0.750. The van der Waals surface area contributed by atoms with E-state index in [1.54, 1.807) is 11.8 Å². The first-order valence-electron chi connectivity index (χ1n) is 12.1. The van der Waals surface area contributed by atoms with Crippen molar-refractivity contribution in [3.05, 3.63) is 17.7 Å². The Morgan fingerprint density at radius 2 is 1.71 bits per heavy atom. The number of hydrogen-bond donors (Lipinski definition) is 1. The highest BCUT2D eigenvalue weighted by Crippen LogP contribution is 2.35. The van der Waals surface area contributed by atoms with Crippen molar-refractivity contribution in [2.75, 3.05) is 36.4 Å². The van der Waals surface area contributed by atoms with Gasteiger partial charge in [0.1, 0.15) is 11.6 Å². The summed E-state index contributed by atoms with van der Waals surface area (Å²) in [6, 6.07) is 4.54. The van der Waals surface area contributed by atoms with E-state index in [2.05, 4.69) is 11.4 Å². The van der Waals surface area contributed by atoms with Crippen LogP contribution in [-0.2, 0) is 4.79 Å². The maximum atomic E-state index is 13.9. The van der Waals surface area contributed by atoms with Gasteiger partial charge in [-0.25, -0.2) is 13.8 Å². The molecule has 31 heavy (non-hydrogen) atoms. The Balaban J connectivity index is 1.54. The van der Waals surface area contributed by atoms with E-state index in [4.69, 9.17) is 4.98 Å². The zero-order valence-electron chi connectivity index (χ0n) is 18.7. The van der Waals surface area contributed by atoms with Crippen LogP contribution in [0.3, 0.4) is 0 Å². The standard InChI is InChI=1S/C24H36F2N4O/c1-18(31)29-12-9-19(10-13-29)20-15-22(27-21-7-5-3-2-4-6-8-21)28-23(16-20)30-14-11-24(25,26)17-30/h15-16,19,21H,2-14,17H2,1H3,(H,27,28). The third-order valence-corrected chi connectivity index (χ3v) is 7.20. The number of nitrogens with zero attached hydrogens (tertiary/aromatic N) is 3. The van der Waals surface area contributed by atoms with Gasteiger partial charge in [-0.05, 0) is 49.3 Å². The zero-order valence-corrected chi connectivity index (χ0v) is 18.7. The number of carbonyl (C=O) groups is 1. The van der Waals surface area contributed by atoms with Crippen molar-refractivity contribution in [3.8, 4) is 0 Å². The van der Waals surface area contributed by atoms with Gasteiger partial charge in [0, 0.05) is 39.0 Å². The van der Waals surface area contributed by atoms with E-state index in [0.717, 1.165) is 50.2 Å². The minimum Gasteiger partial charge on any atom is -0.367 e. The molecule has 3 heterocycles. The third-order valence-electron chi connectivity index (χ3n) is 7.20. The smallest absolute Gasteiger partial charge is 0.266 e. The molecule has 3 fully saturated rings. The Morgan fingerprint density at radius 3 is 2.32 bits per heavy atom. The molecule has 0 bridgehead atoms. The van der Waals surface area contributed by atoms with Gasteiger partial charge in [0.2, 0.25) is 5.91 Å². The van der Waals surface area contributed by atoms with Crippen LogP contribution in [0.25, 0.3) is 0 Å². The predicted molar refractivity (Wildman–Crippen MR) is 120 cm³/mol. The molecule has 1 aromatic rings. The van der Waals surface area contributed by atoms with Crippen molar-refractivity contribution in [2.45, 2.75) is 89.0 Å². The molecule has 172 valence electrons. The Kier molecular flexibility index (Phi) is 6.97. The van der Waals surface area contributed by atoms with Crippen molar-refractivity contribution in [1.29, 1.82) is 0 Å². The summed E-state index contributed by atoms with van der Waals surface area (Å²) in [7, 11) is 0. The van der Waals surface area contributed by atoms with E-state index in [-0.39, 0.29) is 18.9 Å². The minimum atomic E-state index is -2.64. The summed E-state index contributed by atoms with van der Waals surface area (Å²) in [4.78, 5) is 20.1. The van der Waals surface area contributed by atoms with Crippen molar-refractivity contribution in [1.82, 2.24) is 9.88 Å². The van der Waals surface area contributed by atoms with Crippen LogP contribution in [0.1, 0.15) is 82.6 Å². The maximum absolute atomic E-state index is 13.9. The Labute approximate surface area is 184 Å². The lowest BCUT2D eigenvalue weighted by atomic mass is 9.89. The van der Waals surface area contributed by atoms with E-state index < -0.39 is 5.92 Å². The number of likely N-dealkylation sites (tertiary alicyclic amines) is 1. The van der Waals surface area contributed by atoms with Gasteiger partial charge in [0.15, 0.2) is 0 Å². The number of alkyl halides is 2. The lowest BCUT2D eigenvalue weighted by Gasteiger charge is -2.32. The number of anilines is 2. The number of carbonyl (C=O) groups excluding carboxylic acids is 1. The van der Waals surface area contributed by atoms with Crippen LogP contribution in [0.5, 0.6) is 0 Å². The molecule has 7 heteroatoms. The topological polar surface area (TPSA) is 48.5 Å². The molecular formula is C24H36F2N4O. The zero-order chi connectivity index (χ0) is 21.8. The normalized spacial score (nSPS) is 23.5. The molecule has 2 aliphatic heterocycles. The molecule has 0 unspecified atom stereocenters. The second kappa shape index (κ2) is 9.70. The molecule has 1 aromatic heterocycles. The first-order chi connectivity index (χ1) is 14.9. The molecule has 5 nitrogen and oxygen atoms in total. The van der Waals surface area contributed by atoms with Gasteiger partial charge in [0.25, 0.3) is 5.92 Å². The molecule has 3 aliphatic rings. The first-order valence-corrected chi connectivity index (χ1v) is 12.1. The van der Waals surface area contributed by atoms with Crippen LogP contribution >= 0.6 is 0 Å². The summed E-state index contributed by atoms with van der Waals surface area (Å²) < 4.78 is 27.8. The van der Waals surface area contributed by atoms with Crippen LogP contribution in [0.15, 0.2) is 12.1 Å². The van der Waals surface area contributed by atoms with E-state index in [1.165, 1.54) is 32.1 Å². The Hall–Kier alpha value is -1.92. The Morgan fingerprint density at radius 1 is 1.03 bits per heavy atom. The molecule has 1 N–H and O–H groups in total. The number of amides is 1. The van der Waals surface area contributed by atoms with Crippen molar-refractivity contribution >= 4 is 17.5 Å². The number of hydrogen-bond acceptors (Lipinski definition) is 4. The van der Waals surface area contributed by atoms with Gasteiger partial charge >= 0.3 is 0 Å². The second-order valence-corrected chi connectivity index (χ2v) is 9.64. The van der Waals surface area contributed by atoms with Crippen molar-refractivity contribution in [2.24, 2.45) is 0 Å². The van der Waals surface area contributed by atoms with Gasteiger partial charge in [-0.15, -0.1) is 0 Å². The summed E-state index contributed by atoms with van der Waals surface area (Å²) in [5, 5.41) is 3.65. The number of nitrogens with one attached hydrogen (secondary N) is 1. The van der Waals surface area contributed by atoms with Gasteiger partial charge in [0.05, 0.1) is 6.54 Å². The predicted octanol–water partition coefficient (Wildman–Crippen LogP) is 5.18. The van der Waals surface area contributed by atoms with Gasteiger partial charge < -0.3 is 15.1 Å². The number of aromatic nitrogens is 1. The fourth-order valence-electron chi connectivity index (χ4n) is 5.28. The highest BCUT2D eigenvalue weighted by molar-refractivity contribution is 5.73. The lowest BCUT2D eigenvalue weighted by molar-refractivity contribution is -0.129. The molecule has 1 aliphatic carbocycles. The second-order valence-electron chi connectivity index (χ2n) is 9.64. The highest BCUT2D eigenvalue weighted by atomic mass is 19.3. The average molecular weight is 435 g/mol. The Bertz CT molecular complexity index is 756. The molecule has 0 spiro atoms. The molecule has 1 amide bonds. The van der Waals surface area contributed by atoms with Crippen LogP contribution in [-0.4, -0.2) is 53.9 Å². The number of pyridine rings is 1. The quantitative estimate of drug-likeness (QED) is 0.710. The van der Waals surface area contributed by atoms with Crippen molar-refractivity contribution in [3.63, 3.8) is 0 Å². The van der Waals surface area contributed by atoms with Gasteiger partial charge in [-0.2, -0.15) is 0 Å². The van der Waals surface area contributed by atoms with E-state index >= 15 is 0 Å². The van der Waals surface area contributed by atoms with Crippen LogP contribution < -0.4 is 10.2 Å². The molecule has 2 saturated heterocycles. The van der Waals surface area contributed by atoms with E-state index in [0.29, 0.717) is 24.3 Å². The summed E-state index contributed by atoms with van der Waals surface area (Å²) in [5.74, 6) is -0.699. The largest absolute Gasteiger partial charge is 0.367 e. The molecule has 0 radical (unpaired) electrons. The van der Waals surface area contributed by atoms with Crippen LogP contribution in [0.2, 0.25) is 0 Å². The molecule has 4 rings (SSSR count). The number of rotatable bonds is 4.